The lowest BCUT2D eigenvalue weighted by Crippen LogP contribution is -2.51. The Labute approximate surface area is 132 Å². The van der Waals surface area contributed by atoms with Crippen LogP contribution in [0.3, 0.4) is 0 Å². The Morgan fingerprint density at radius 3 is 2.61 bits per heavy atom. The Bertz CT molecular complexity index is 500. The normalized spacial score (nSPS) is 18.7. The largest absolute Gasteiger partial charge is 0.411 e. The average Bonchev–Trinajstić information content (AvgIpc) is 2.53. The molecule has 2 N–H and O–H groups in total. The minimum atomic E-state index is -4.32. The van der Waals surface area contributed by atoms with E-state index in [1.165, 1.54) is 0 Å². The van der Waals surface area contributed by atoms with E-state index < -0.39 is 12.8 Å². The van der Waals surface area contributed by atoms with E-state index in [1.54, 1.807) is 24.3 Å². The first-order valence-corrected chi connectivity index (χ1v) is 7.25. The number of halogens is 3. The van der Waals surface area contributed by atoms with Gasteiger partial charge in [-0.15, -0.1) is 0 Å². The Morgan fingerprint density at radius 1 is 1.30 bits per heavy atom. The van der Waals surface area contributed by atoms with Gasteiger partial charge >= 0.3 is 6.18 Å². The maximum absolute atomic E-state index is 12.0. The van der Waals surface area contributed by atoms with Crippen molar-refractivity contribution in [3.05, 3.63) is 35.4 Å². The second-order valence-electron chi connectivity index (χ2n) is 5.22. The molecule has 1 fully saturated rings. The molecule has 0 radical (unpaired) electrons. The van der Waals surface area contributed by atoms with Crippen molar-refractivity contribution >= 4 is 5.91 Å². The Balaban J connectivity index is 1.73. The van der Waals surface area contributed by atoms with Crippen LogP contribution >= 0.6 is 0 Å². The van der Waals surface area contributed by atoms with Crippen molar-refractivity contribution in [3.63, 3.8) is 0 Å². The molecule has 1 aliphatic heterocycles. The molecule has 1 saturated heterocycles. The molecule has 1 aromatic carbocycles. The van der Waals surface area contributed by atoms with Gasteiger partial charge in [-0.2, -0.15) is 13.2 Å². The SMILES string of the molecule is O=C(NCc1ccc(COCC(F)(F)F)cc1)C1COCCN1. The Morgan fingerprint density at radius 2 is 2.00 bits per heavy atom. The Hall–Kier alpha value is -1.64. The van der Waals surface area contributed by atoms with E-state index >= 15 is 0 Å². The third kappa shape index (κ3) is 6.55. The molecule has 0 bridgehead atoms. The molecular formula is C15H19F3N2O3. The van der Waals surface area contributed by atoms with Gasteiger partial charge in [0.15, 0.2) is 0 Å². The fourth-order valence-corrected chi connectivity index (χ4v) is 2.08. The molecule has 0 saturated carbocycles. The van der Waals surface area contributed by atoms with Crippen LogP contribution in [0.1, 0.15) is 11.1 Å². The van der Waals surface area contributed by atoms with Crippen LogP contribution in [-0.4, -0.2) is 44.5 Å². The molecule has 128 valence electrons. The number of ether oxygens (including phenoxy) is 2. The molecule has 0 spiro atoms. The van der Waals surface area contributed by atoms with Crippen molar-refractivity contribution in [2.45, 2.75) is 25.4 Å². The van der Waals surface area contributed by atoms with Crippen molar-refractivity contribution in [3.8, 4) is 0 Å². The summed E-state index contributed by atoms with van der Waals surface area (Å²) in [4.78, 5) is 11.9. The monoisotopic (exact) mass is 332 g/mol. The first kappa shape index (κ1) is 17.7. The molecule has 1 atom stereocenters. The first-order valence-electron chi connectivity index (χ1n) is 7.25. The molecule has 0 aliphatic carbocycles. The molecule has 1 aliphatic rings. The number of nitrogens with one attached hydrogen (secondary N) is 2. The van der Waals surface area contributed by atoms with Crippen molar-refractivity contribution in [1.29, 1.82) is 0 Å². The van der Waals surface area contributed by atoms with Gasteiger partial charge in [0.25, 0.3) is 0 Å². The zero-order valence-electron chi connectivity index (χ0n) is 12.5. The Kier molecular flexibility index (Phi) is 6.37. The fraction of sp³-hybridized carbons (Fsp3) is 0.533. The smallest absolute Gasteiger partial charge is 0.378 e. The third-order valence-corrected chi connectivity index (χ3v) is 3.26. The summed E-state index contributed by atoms with van der Waals surface area (Å²) in [5.74, 6) is -0.137. The summed E-state index contributed by atoms with van der Waals surface area (Å²) in [5.41, 5.74) is 1.50. The second kappa shape index (κ2) is 8.28. The van der Waals surface area contributed by atoms with E-state index in [0.29, 0.717) is 31.9 Å². The molecule has 2 rings (SSSR count). The predicted octanol–water partition coefficient (Wildman–Crippen LogP) is 1.37. The van der Waals surface area contributed by atoms with Gasteiger partial charge in [-0.1, -0.05) is 24.3 Å². The van der Waals surface area contributed by atoms with Gasteiger partial charge in [0.05, 0.1) is 19.8 Å². The molecule has 5 nitrogen and oxygen atoms in total. The minimum Gasteiger partial charge on any atom is -0.378 e. The standard InChI is InChI=1S/C15H19F3N2O3/c16-15(17,18)10-23-8-12-3-1-11(2-4-12)7-20-14(21)13-9-22-6-5-19-13/h1-4,13,19H,5-10H2,(H,20,21). The lowest BCUT2D eigenvalue weighted by Gasteiger charge is -2.22. The van der Waals surface area contributed by atoms with E-state index in [0.717, 1.165) is 5.56 Å². The zero-order chi connectivity index (χ0) is 16.7. The highest BCUT2D eigenvalue weighted by molar-refractivity contribution is 5.81. The molecule has 23 heavy (non-hydrogen) atoms. The number of carbonyl (C=O) groups is 1. The highest BCUT2D eigenvalue weighted by Crippen LogP contribution is 2.15. The summed E-state index contributed by atoms with van der Waals surface area (Å²) in [6, 6.07) is 6.51. The highest BCUT2D eigenvalue weighted by Gasteiger charge is 2.27. The van der Waals surface area contributed by atoms with Gasteiger partial charge in [-0.3, -0.25) is 4.79 Å². The summed E-state index contributed by atoms with van der Waals surface area (Å²) >= 11 is 0. The van der Waals surface area contributed by atoms with E-state index in [1.807, 2.05) is 0 Å². The van der Waals surface area contributed by atoms with Crippen LogP contribution in [-0.2, 0) is 27.4 Å². The van der Waals surface area contributed by atoms with E-state index in [-0.39, 0.29) is 18.6 Å². The number of carbonyl (C=O) groups excluding carboxylic acids is 1. The highest BCUT2D eigenvalue weighted by atomic mass is 19.4. The molecule has 1 aromatic rings. The van der Waals surface area contributed by atoms with Gasteiger partial charge in [-0.25, -0.2) is 0 Å². The first-order chi connectivity index (χ1) is 10.9. The van der Waals surface area contributed by atoms with Gasteiger partial charge in [-0.05, 0) is 11.1 Å². The number of amides is 1. The van der Waals surface area contributed by atoms with Crippen LogP contribution in [0.5, 0.6) is 0 Å². The van der Waals surface area contributed by atoms with E-state index in [9.17, 15) is 18.0 Å². The van der Waals surface area contributed by atoms with Crippen LogP contribution in [0.4, 0.5) is 13.2 Å². The summed E-state index contributed by atoms with van der Waals surface area (Å²) in [5, 5.41) is 5.84. The number of hydrogen-bond donors (Lipinski definition) is 2. The van der Waals surface area contributed by atoms with Crippen LogP contribution in [0.25, 0.3) is 0 Å². The van der Waals surface area contributed by atoms with Crippen LogP contribution < -0.4 is 10.6 Å². The van der Waals surface area contributed by atoms with Gasteiger partial charge in [0.1, 0.15) is 12.6 Å². The van der Waals surface area contributed by atoms with Crippen molar-refractivity contribution in [2.24, 2.45) is 0 Å². The molecule has 8 heteroatoms. The molecule has 1 amide bonds. The summed E-state index contributed by atoms with van der Waals surface area (Å²) in [6.45, 7) is 0.575. The quantitative estimate of drug-likeness (QED) is 0.826. The zero-order valence-corrected chi connectivity index (χ0v) is 12.5. The number of hydrogen-bond acceptors (Lipinski definition) is 4. The summed E-state index contributed by atoms with van der Waals surface area (Å²) < 4.78 is 45.7. The maximum Gasteiger partial charge on any atom is 0.411 e. The molecule has 1 unspecified atom stereocenters. The van der Waals surface area contributed by atoms with Crippen LogP contribution in [0.15, 0.2) is 24.3 Å². The van der Waals surface area contributed by atoms with E-state index in [4.69, 9.17) is 4.74 Å². The molecule has 0 aromatic heterocycles. The van der Waals surface area contributed by atoms with Gasteiger partial charge < -0.3 is 20.1 Å². The lowest BCUT2D eigenvalue weighted by molar-refractivity contribution is -0.176. The predicted molar refractivity (Wildman–Crippen MR) is 76.6 cm³/mol. The van der Waals surface area contributed by atoms with Gasteiger partial charge in [0.2, 0.25) is 5.91 Å². The lowest BCUT2D eigenvalue weighted by atomic mass is 10.1. The maximum atomic E-state index is 12.0. The minimum absolute atomic E-state index is 0.102. The molecule has 1 heterocycles. The summed E-state index contributed by atoms with van der Waals surface area (Å²) in [6.07, 6.45) is -4.32. The fourth-order valence-electron chi connectivity index (χ4n) is 2.08. The number of benzene rings is 1. The number of rotatable bonds is 6. The second-order valence-corrected chi connectivity index (χ2v) is 5.22. The average molecular weight is 332 g/mol. The third-order valence-electron chi connectivity index (χ3n) is 3.26. The van der Waals surface area contributed by atoms with Crippen LogP contribution in [0, 0.1) is 0 Å². The van der Waals surface area contributed by atoms with Crippen molar-refractivity contribution < 1.29 is 27.4 Å². The van der Waals surface area contributed by atoms with E-state index in [2.05, 4.69) is 15.4 Å². The molecular weight excluding hydrogens is 313 g/mol. The van der Waals surface area contributed by atoms with Crippen molar-refractivity contribution in [1.82, 2.24) is 10.6 Å². The number of morpholine rings is 1. The number of alkyl halides is 3. The van der Waals surface area contributed by atoms with Crippen LogP contribution in [0.2, 0.25) is 0 Å². The van der Waals surface area contributed by atoms with Gasteiger partial charge in [0, 0.05) is 13.1 Å². The topological polar surface area (TPSA) is 59.6 Å². The summed E-state index contributed by atoms with van der Waals surface area (Å²) in [7, 11) is 0. The van der Waals surface area contributed by atoms with Crippen molar-refractivity contribution in [2.75, 3.05) is 26.4 Å².